The highest BCUT2D eigenvalue weighted by molar-refractivity contribution is 6.02. The molecule has 1 aromatic heterocycles. The lowest BCUT2D eigenvalue weighted by Gasteiger charge is -2.39. The van der Waals surface area contributed by atoms with E-state index in [-0.39, 0.29) is 16.9 Å². The van der Waals surface area contributed by atoms with Gasteiger partial charge in [0.25, 0.3) is 5.69 Å². The Bertz CT molecular complexity index is 1390. The number of carbonyl (C=O) groups is 1. The minimum absolute atomic E-state index is 0.159. The van der Waals surface area contributed by atoms with Gasteiger partial charge in [-0.15, -0.1) is 0 Å². The van der Waals surface area contributed by atoms with Crippen molar-refractivity contribution < 1.29 is 22.9 Å². The molecule has 0 radical (unpaired) electrons. The van der Waals surface area contributed by atoms with Gasteiger partial charge in [-0.3, -0.25) is 14.9 Å². The van der Waals surface area contributed by atoms with Crippen molar-refractivity contribution in [3.05, 3.63) is 69.5 Å². The molecule has 0 saturated heterocycles. The number of carbonyl (C=O) groups excluding carboxylic acids is 1. The fraction of sp³-hybridized carbons (Fsp3) is 0.375. The molecule has 0 spiro atoms. The molecule has 1 amide bonds. The van der Waals surface area contributed by atoms with Crippen LogP contribution < -0.4 is 5.32 Å². The number of nitro benzene ring substituents is 1. The monoisotopic (exact) mass is 470 g/mol. The molecule has 1 saturated carbocycles. The first-order valence-electron chi connectivity index (χ1n) is 10.8. The van der Waals surface area contributed by atoms with E-state index in [2.05, 4.69) is 10.3 Å². The van der Waals surface area contributed by atoms with Gasteiger partial charge >= 0.3 is 6.18 Å². The van der Waals surface area contributed by atoms with Crippen LogP contribution in [0.4, 0.5) is 24.5 Å². The van der Waals surface area contributed by atoms with Crippen molar-refractivity contribution in [2.75, 3.05) is 5.32 Å². The van der Waals surface area contributed by atoms with E-state index in [1.807, 2.05) is 20.8 Å². The summed E-state index contributed by atoms with van der Waals surface area (Å²) in [6.07, 6.45) is -3.66. The second-order valence-electron chi connectivity index (χ2n) is 9.71. The van der Waals surface area contributed by atoms with Crippen molar-refractivity contribution in [1.29, 1.82) is 0 Å². The highest BCUT2D eigenvalue weighted by atomic mass is 19.4. The van der Waals surface area contributed by atoms with Crippen molar-refractivity contribution in [2.45, 2.75) is 50.6 Å². The van der Waals surface area contributed by atoms with E-state index in [4.69, 9.17) is 4.98 Å². The smallest absolute Gasteiger partial charge is 0.325 e. The highest BCUT2D eigenvalue weighted by Gasteiger charge is 2.73. The summed E-state index contributed by atoms with van der Waals surface area (Å²) in [5.41, 5.74) is -2.21. The third kappa shape index (κ3) is 2.68. The standard InChI is InChI=1S/C24H21F3N4O3/c1-21(2)22(3)10-11-23(21,20(32)30-15-7-5-4-6-14(15)24(25,26)27)19-18(22)28-16-9-8-13(31(33)34)12-17(16)29-19/h4-9,12H,10-11H2,1-3H3,(H,30,32). The molecule has 34 heavy (non-hydrogen) atoms. The summed E-state index contributed by atoms with van der Waals surface area (Å²) in [6.45, 7) is 5.81. The van der Waals surface area contributed by atoms with Gasteiger partial charge < -0.3 is 5.32 Å². The number of nitro groups is 1. The number of para-hydroxylation sites is 1. The largest absolute Gasteiger partial charge is 0.418 e. The topological polar surface area (TPSA) is 98.0 Å². The number of fused-ring (bicyclic) bond motifs is 6. The zero-order valence-electron chi connectivity index (χ0n) is 18.7. The van der Waals surface area contributed by atoms with Crippen LogP contribution in [-0.2, 0) is 21.8 Å². The molecule has 2 aliphatic rings. The van der Waals surface area contributed by atoms with Gasteiger partial charge in [-0.25, -0.2) is 9.97 Å². The Morgan fingerprint density at radius 3 is 2.38 bits per heavy atom. The summed E-state index contributed by atoms with van der Waals surface area (Å²) in [7, 11) is 0. The van der Waals surface area contributed by atoms with E-state index in [1.54, 1.807) is 0 Å². The minimum Gasteiger partial charge on any atom is -0.325 e. The third-order valence-corrected chi connectivity index (χ3v) is 8.10. The molecule has 0 aliphatic heterocycles. The quantitative estimate of drug-likeness (QED) is 0.401. The van der Waals surface area contributed by atoms with E-state index in [1.165, 1.54) is 36.4 Å². The second-order valence-corrected chi connectivity index (χ2v) is 9.71. The van der Waals surface area contributed by atoms with Gasteiger partial charge in [0.05, 0.1) is 44.0 Å². The molecule has 2 aliphatic carbocycles. The Morgan fingerprint density at radius 1 is 1.03 bits per heavy atom. The lowest BCUT2D eigenvalue weighted by molar-refractivity contribution is -0.384. The summed E-state index contributed by atoms with van der Waals surface area (Å²) in [5.74, 6) is -0.587. The average Bonchev–Trinajstić information content (AvgIpc) is 3.06. The number of nitrogens with one attached hydrogen (secondary N) is 1. The molecule has 5 rings (SSSR count). The Hall–Kier alpha value is -3.56. The van der Waals surface area contributed by atoms with E-state index >= 15 is 0 Å². The molecular formula is C24H21F3N4O3. The summed E-state index contributed by atoms with van der Waals surface area (Å²) in [6, 6.07) is 9.02. The number of non-ortho nitro benzene ring substituents is 1. The maximum Gasteiger partial charge on any atom is 0.418 e. The van der Waals surface area contributed by atoms with Crippen LogP contribution in [0.15, 0.2) is 42.5 Å². The number of hydrogen-bond donors (Lipinski definition) is 1. The van der Waals surface area contributed by atoms with E-state index in [9.17, 15) is 28.1 Å². The normalized spacial score (nSPS) is 24.8. The van der Waals surface area contributed by atoms with Gasteiger partial charge in [0, 0.05) is 17.5 Å². The predicted octanol–water partition coefficient (Wildman–Crippen LogP) is 5.52. The first-order chi connectivity index (χ1) is 15.8. The van der Waals surface area contributed by atoms with Crippen molar-refractivity contribution in [2.24, 2.45) is 5.41 Å². The summed E-state index contributed by atoms with van der Waals surface area (Å²) >= 11 is 0. The van der Waals surface area contributed by atoms with Crippen LogP contribution in [0.5, 0.6) is 0 Å². The zero-order valence-corrected chi connectivity index (χ0v) is 18.7. The predicted molar refractivity (Wildman–Crippen MR) is 118 cm³/mol. The Morgan fingerprint density at radius 2 is 1.71 bits per heavy atom. The molecule has 2 atom stereocenters. The number of amides is 1. The van der Waals surface area contributed by atoms with Gasteiger partial charge in [0.1, 0.15) is 0 Å². The van der Waals surface area contributed by atoms with Crippen LogP contribution in [0.1, 0.15) is 50.6 Å². The number of aromatic nitrogens is 2. The van der Waals surface area contributed by atoms with Gasteiger partial charge in [-0.2, -0.15) is 13.2 Å². The number of anilines is 1. The number of nitrogens with zero attached hydrogens (tertiary/aromatic N) is 3. The van der Waals surface area contributed by atoms with Gasteiger partial charge in [-0.05, 0) is 36.5 Å². The lowest BCUT2D eigenvalue weighted by Crippen LogP contribution is -2.48. The number of rotatable bonds is 3. The second kappa shape index (κ2) is 6.74. The number of benzene rings is 2. The van der Waals surface area contributed by atoms with Gasteiger partial charge in [0.15, 0.2) is 0 Å². The number of hydrogen-bond acceptors (Lipinski definition) is 5. The summed E-state index contributed by atoms with van der Waals surface area (Å²) < 4.78 is 40.7. The maximum atomic E-state index is 13.9. The van der Waals surface area contributed by atoms with Crippen LogP contribution in [0.3, 0.4) is 0 Å². The van der Waals surface area contributed by atoms with Crippen LogP contribution >= 0.6 is 0 Å². The molecule has 1 heterocycles. The molecule has 2 aromatic carbocycles. The SMILES string of the molecule is CC12CCC(C(=O)Nc3ccccc3C(F)(F)F)(c3nc4cc([N+](=O)[O-])ccc4nc31)C2(C)C. The highest BCUT2D eigenvalue weighted by Crippen LogP contribution is 2.70. The third-order valence-electron chi connectivity index (χ3n) is 8.10. The molecule has 7 nitrogen and oxygen atoms in total. The zero-order chi connectivity index (χ0) is 24.7. The average molecular weight is 470 g/mol. The van der Waals surface area contributed by atoms with Crippen LogP contribution in [0.2, 0.25) is 0 Å². The van der Waals surface area contributed by atoms with E-state index in [0.29, 0.717) is 29.7 Å². The Labute approximate surface area is 192 Å². The van der Waals surface area contributed by atoms with Crippen molar-refractivity contribution >= 4 is 28.3 Å². The first kappa shape index (κ1) is 22.2. The van der Waals surface area contributed by atoms with Crippen LogP contribution in [0.25, 0.3) is 11.0 Å². The van der Waals surface area contributed by atoms with Crippen molar-refractivity contribution in [3.63, 3.8) is 0 Å². The fourth-order valence-electron chi connectivity index (χ4n) is 5.77. The van der Waals surface area contributed by atoms with Gasteiger partial charge in [-0.1, -0.05) is 32.9 Å². The molecule has 2 unspecified atom stereocenters. The van der Waals surface area contributed by atoms with E-state index in [0.717, 1.165) is 6.07 Å². The van der Waals surface area contributed by atoms with Gasteiger partial charge in [0.2, 0.25) is 5.91 Å². The fourth-order valence-corrected chi connectivity index (χ4v) is 5.77. The molecule has 1 fully saturated rings. The summed E-state index contributed by atoms with van der Waals surface area (Å²) in [5, 5.41) is 13.8. The lowest BCUT2D eigenvalue weighted by atomic mass is 9.63. The molecule has 3 aromatic rings. The maximum absolute atomic E-state index is 13.9. The molecule has 2 bridgehead atoms. The summed E-state index contributed by atoms with van der Waals surface area (Å²) in [4.78, 5) is 34.0. The molecule has 1 N–H and O–H groups in total. The van der Waals surface area contributed by atoms with Crippen molar-refractivity contribution in [3.8, 4) is 0 Å². The first-order valence-corrected chi connectivity index (χ1v) is 10.8. The molecule has 10 heteroatoms. The van der Waals surface area contributed by atoms with Crippen LogP contribution in [-0.4, -0.2) is 20.8 Å². The molecular weight excluding hydrogens is 449 g/mol. The van der Waals surface area contributed by atoms with Crippen molar-refractivity contribution in [1.82, 2.24) is 9.97 Å². The van der Waals surface area contributed by atoms with E-state index < -0.39 is 38.8 Å². The number of halogens is 3. The Kier molecular flexibility index (Phi) is 4.41. The number of alkyl halides is 3. The van der Waals surface area contributed by atoms with Crippen LogP contribution in [0, 0.1) is 15.5 Å². The minimum atomic E-state index is -4.64. The Balaban J connectivity index is 1.69. The molecule has 176 valence electrons.